The van der Waals surface area contributed by atoms with Crippen LogP contribution >= 0.6 is 0 Å². The van der Waals surface area contributed by atoms with Gasteiger partial charge in [-0.25, -0.2) is 13.8 Å². The zero-order valence-electron chi connectivity index (χ0n) is 42.9. The van der Waals surface area contributed by atoms with Crippen molar-refractivity contribution in [1.82, 2.24) is 9.55 Å². The molecule has 13 rings (SSSR count). The molecular weight excluding hydrogens is 1150 g/mol. The van der Waals surface area contributed by atoms with Gasteiger partial charge in [-0.15, -0.1) is 53.6 Å². The summed E-state index contributed by atoms with van der Waals surface area (Å²) in [6.45, 7) is 8.67. The van der Waals surface area contributed by atoms with Crippen molar-refractivity contribution >= 4 is 44.6 Å². The van der Waals surface area contributed by atoms with Crippen LogP contribution in [0.15, 0.2) is 237 Å². The van der Waals surface area contributed by atoms with Crippen LogP contribution in [0.2, 0.25) is 0 Å². The van der Waals surface area contributed by atoms with E-state index in [1.165, 1.54) is 17.7 Å². The standard InChI is InChI=1S/C70H49F2N4O.Pt/c1-70(2,3)54-32-33-73-68(41-54)76-64-27-14-13-24-62(64)63-31-30-58(44-67(63)76)77-59-40-52(51-35-49(46-18-7-4-8-19-46)34-50(36-51)47-20-9-5-10-21-47)39-57(43-59)74-45-75(66-29-16-15-28-65(66)74)69-60(48-22-11-6-12-23-48)25-17-26-61(69)53-37-55(71)42-56(72)38-53;/h4-42,45H,1-3H3;/q-3;. The molecule has 78 heavy (non-hydrogen) atoms. The number of hydrogen-bond donors (Lipinski definition) is 0. The van der Waals surface area contributed by atoms with Crippen molar-refractivity contribution < 1.29 is 34.6 Å². The summed E-state index contributed by atoms with van der Waals surface area (Å²) < 4.78 is 39.6. The van der Waals surface area contributed by atoms with E-state index in [1.807, 2.05) is 79.6 Å². The first-order valence-electron chi connectivity index (χ1n) is 25.7. The maximum absolute atomic E-state index is 15.2. The Morgan fingerprint density at radius 3 is 1.68 bits per heavy atom. The van der Waals surface area contributed by atoms with Crippen molar-refractivity contribution in [2.24, 2.45) is 0 Å². The zero-order chi connectivity index (χ0) is 52.2. The van der Waals surface area contributed by atoms with E-state index < -0.39 is 11.6 Å². The van der Waals surface area contributed by atoms with Crippen molar-refractivity contribution in [3.63, 3.8) is 0 Å². The molecular formula is C70H49F2N4OPt-3. The largest absolute Gasteiger partial charge is 0.509 e. The number of nitrogens with zero attached hydrogens (tertiary/aromatic N) is 4. The van der Waals surface area contributed by atoms with Crippen LogP contribution in [-0.2, 0) is 26.5 Å². The normalized spacial score (nSPS) is 12.2. The first-order chi connectivity index (χ1) is 37.6. The minimum absolute atomic E-state index is 0. The Hall–Kier alpha value is -8.90. The third kappa shape index (κ3) is 9.45. The van der Waals surface area contributed by atoms with Crippen molar-refractivity contribution in [1.29, 1.82) is 0 Å². The summed E-state index contributed by atoms with van der Waals surface area (Å²) >= 11 is 0. The molecule has 8 heteroatoms. The molecule has 3 heterocycles. The van der Waals surface area contributed by atoms with Crippen LogP contribution in [0.5, 0.6) is 11.5 Å². The summed E-state index contributed by atoms with van der Waals surface area (Å²) in [5.74, 6) is 0.469. The Balaban J connectivity index is 0.00000609. The van der Waals surface area contributed by atoms with Gasteiger partial charge in [-0.05, 0) is 116 Å². The number of ether oxygens (including phenoxy) is 1. The maximum atomic E-state index is 15.2. The summed E-state index contributed by atoms with van der Waals surface area (Å²) in [4.78, 5) is 9.14. The smallest absolute Gasteiger partial charge is 0.135 e. The molecule has 0 unspecified atom stereocenters. The molecule has 0 saturated carbocycles. The van der Waals surface area contributed by atoms with Gasteiger partial charge in [0.1, 0.15) is 17.5 Å². The van der Waals surface area contributed by atoms with Crippen LogP contribution in [0.4, 0.5) is 31.5 Å². The van der Waals surface area contributed by atoms with Crippen molar-refractivity contribution in [2.45, 2.75) is 26.2 Å². The van der Waals surface area contributed by atoms with Crippen LogP contribution in [0.1, 0.15) is 26.3 Å². The molecule has 1 aliphatic rings. The van der Waals surface area contributed by atoms with Crippen LogP contribution in [0, 0.1) is 30.4 Å². The van der Waals surface area contributed by atoms with Gasteiger partial charge in [0.25, 0.3) is 0 Å². The second kappa shape index (κ2) is 20.6. The predicted octanol–water partition coefficient (Wildman–Crippen LogP) is 18.9. The summed E-state index contributed by atoms with van der Waals surface area (Å²) in [5, 5.41) is 2.11. The van der Waals surface area contributed by atoms with Gasteiger partial charge in [0.15, 0.2) is 0 Å². The molecule has 0 radical (unpaired) electrons. The second-order valence-corrected chi connectivity index (χ2v) is 20.4. The van der Waals surface area contributed by atoms with E-state index in [0.29, 0.717) is 28.3 Å². The molecule has 0 aliphatic carbocycles. The third-order valence-corrected chi connectivity index (χ3v) is 14.4. The maximum Gasteiger partial charge on any atom is 0.135 e. The third-order valence-electron chi connectivity index (χ3n) is 14.4. The molecule has 382 valence electrons. The minimum Gasteiger partial charge on any atom is -0.509 e. The number of rotatable bonds is 10. The number of pyridine rings is 1. The molecule has 10 aromatic carbocycles. The van der Waals surface area contributed by atoms with Crippen LogP contribution < -0.4 is 14.5 Å². The molecule has 2 aromatic heterocycles. The first-order valence-corrected chi connectivity index (χ1v) is 25.7. The summed E-state index contributed by atoms with van der Waals surface area (Å²) in [7, 11) is 0. The summed E-state index contributed by atoms with van der Waals surface area (Å²) in [6, 6.07) is 83.7. The van der Waals surface area contributed by atoms with Crippen molar-refractivity contribution in [3.05, 3.63) is 273 Å². The Kier molecular flexibility index (Phi) is 13.2. The summed E-state index contributed by atoms with van der Waals surface area (Å²) in [6.07, 6.45) is 1.88. The van der Waals surface area contributed by atoms with Crippen LogP contribution in [0.3, 0.4) is 0 Å². The van der Waals surface area contributed by atoms with Crippen molar-refractivity contribution in [3.8, 4) is 73.0 Å². The van der Waals surface area contributed by atoms with Gasteiger partial charge < -0.3 is 19.1 Å². The molecule has 0 fully saturated rings. The predicted molar refractivity (Wildman–Crippen MR) is 310 cm³/mol. The van der Waals surface area contributed by atoms with E-state index in [4.69, 9.17) is 9.72 Å². The van der Waals surface area contributed by atoms with E-state index in [0.717, 1.165) is 95.3 Å². The minimum atomic E-state index is -0.654. The van der Waals surface area contributed by atoms with Crippen molar-refractivity contribution in [2.75, 3.05) is 9.80 Å². The second-order valence-electron chi connectivity index (χ2n) is 20.4. The van der Waals surface area contributed by atoms with E-state index in [-0.39, 0.29) is 26.5 Å². The molecule has 12 aromatic rings. The quantitative estimate of drug-likeness (QED) is 0.128. The molecule has 0 atom stereocenters. The van der Waals surface area contributed by atoms with Gasteiger partial charge in [0, 0.05) is 78.5 Å². The van der Waals surface area contributed by atoms with E-state index >= 15 is 8.78 Å². The number of para-hydroxylation sites is 4. The molecule has 1 aliphatic heterocycles. The van der Waals surface area contributed by atoms with E-state index in [1.54, 1.807) is 0 Å². The van der Waals surface area contributed by atoms with Gasteiger partial charge in [0.05, 0.1) is 0 Å². The Bertz CT molecular complexity index is 4120. The molecule has 0 bridgehead atoms. The van der Waals surface area contributed by atoms with Gasteiger partial charge in [-0.3, -0.25) is 0 Å². The molecule has 0 spiro atoms. The van der Waals surface area contributed by atoms with Gasteiger partial charge in [-0.1, -0.05) is 166 Å². The Morgan fingerprint density at radius 1 is 0.462 bits per heavy atom. The number of anilines is 4. The fraction of sp³-hybridized carbons (Fsp3) is 0.0571. The van der Waals surface area contributed by atoms with Gasteiger partial charge >= 0.3 is 0 Å². The zero-order valence-corrected chi connectivity index (χ0v) is 45.1. The fourth-order valence-corrected chi connectivity index (χ4v) is 10.6. The van der Waals surface area contributed by atoms with Gasteiger partial charge in [0.2, 0.25) is 0 Å². The number of aromatic nitrogens is 2. The fourth-order valence-electron chi connectivity index (χ4n) is 10.6. The van der Waals surface area contributed by atoms with Gasteiger partial charge in [-0.2, -0.15) is 6.07 Å². The van der Waals surface area contributed by atoms with E-state index in [2.05, 4.69) is 193 Å². The Morgan fingerprint density at radius 2 is 1.03 bits per heavy atom. The first kappa shape index (κ1) is 49.9. The number of fused-ring (bicyclic) bond motifs is 4. The average molecular weight is 1200 g/mol. The monoisotopic (exact) mass is 1190 g/mol. The molecule has 0 saturated heterocycles. The number of hydrogen-bond acceptors (Lipinski definition) is 4. The van der Waals surface area contributed by atoms with E-state index in [9.17, 15) is 0 Å². The molecule has 5 nitrogen and oxygen atoms in total. The number of benzene rings is 10. The average Bonchev–Trinajstić information content (AvgIpc) is 4.17. The Labute approximate surface area is 467 Å². The van der Waals surface area contributed by atoms with Crippen LogP contribution in [0.25, 0.3) is 83.3 Å². The SMILES string of the molecule is CC(C)(C)c1ccnc(-n2c3[c-]c(Oc4[c-]c(N5[CH-]N(c6c(-c7ccccc7)cccc6-c6cc(F)cc(F)c6)c6ccccc65)cc(-c5cc(-c6ccccc6)cc(-c6ccccc6)c5)c4)ccc3c3ccccc32)c1.[Pt]. The topological polar surface area (TPSA) is 33.5 Å². The van der Waals surface area contributed by atoms with Crippen LogP contribution in [-0.4, -0.2) is 9.55 Å². The molecule has 0 amide bonds. The molecule has 0 N–H and O–H groups in total. The number of halogens is 2. The summed E-state index contributed by atoms with van der Waals surface area (Å²) in [5.41, 5.74) is 15.2.